The normalized spacial score (nSPS) is 11.1. The zero-order valence-corrected chi connectivity index (χ0v) is 14.9. The van der Waals surface area contributed by atoms with Crippen LogP contribution in [-0.2, 0) is 13.0 Å². The third-order valence-electron chi connectivity index (χ3n) is 2.67. The summed E-state index contributed by atoms with van der Waals surface area (Å²) >= 11 is 6.55. The lowest BCUT2D eigenvalue weighted by Crippen LogP contribution is -2.22. The van der Waals surface area contributed by atoms with Crippen molar-refractivity contribution in [3.8, 4) is 0 Å². The molecule has 0 aliphatic carbocycles. The molecule has 0 aliphatic rings. The van der Waals surface area contributed by atoms with Gasteiger partial charge in [-0.3, -0.25) is 4.79 Å². The first kappa shape index (κ1) is 15.7. The second-order valence-corrected chi connectivity index (χ2v) is 8.03. The van der Waals surface area contributed by atoms with Crippen molar-refractivity contribution in [2.75, 3.05) is 0 Å². The maximum atomic E-state index is 12.2. The average molecular weight is 373 g/mol. The Morgan fingerprint density at radius 2 is 2.25 bits per heavy atom. The third-order valence-corrected chi connectivity index (χ3v) is 5.55. The quantitative estimate of drug-likeness (QED) is 0.844. The first-order valence-electron chi connectivity index (χ1n) is 6.43. The Morgan fingerprint density at radius 1 is 1.50 bits per heavy atom. The molecule has 0 fully saturated rings. The van der Waals surface area contributed by atoms with Crippen LogP contribution in [0.2, 0.25) is 0 Å². The molecule has 0 saturated carbocycles. The topological polar surface area (TPSA) is 42.0 Å². The fourth-order valence-corrected chi connectivity index (χ4v) is 4.38. The van der Waals surface area contributed by atoms with Crippen LogP contribution in [0.5, 0.6) is 0 Å². The molecule has 0 spiro atoms. The molecule has 0 unspecified atom stereocenters. The van der Waals surface area contributed by atoms with Gasteiger partial charge in [0.05, 0.1) is 17.2 Å². The van der Waals surface area contributed by atoms with Crippen molar-refractivity contribution >= 4 is 44.5 Å². The number of nitrogens with one attached hydrogen (secondary N) is 1. The number of aryl methyl sites for hydroxylation is 1. The van der Waals surface area contributed by atoms with Crippen LogP contribution < -0.4 is 5.32 Å². The maximum absolute atomic E-state index is 12.2. The molecule has 20 heavy (non-hydrogen) atoms. The Kier molecular flexibility index (Phi) is 5.35. The van der Waals surface area contributed by atoms with Crippen LogP contribution in [0, 0.1) is 12.8 Å². The number of carbonyl (C=O) groups excluding carboxylic acids is 1. The predicted octanol–water partition coefficient (Wildman–Crippen LogP) is 4.40. The largest absolute Gasteiger partial charge is 0.346 e. The summed E-state index contributed by atoms with van der Waals surface area (Å²) in [6, 6.07) is 2.02. The minimum Gasteiger partial charge on any atom is -0.346 e. The third kappa shape index (κ3) is 4.14. The highest BCUT2D eigenvalue weighted by atomic mass is 79.9. The standard InChI is InChI=1S/C14H17BrN2OS2/c1-8(2)4-12-17-9(3)13(20-12)14(18)16-6-11-5-10(15)7-19-11/h5,7-8H,4,6H2,1-3H3,(H,16,18). The zero-order valence-electron chi connectivity index (χ0n) is 11.7. The van der Waals surface area contributed by atoms with E-state index in [9.17, 15) is 4.79 Å². The molecule has 0 saturated heterocycles. The first-order chi connectivity index (χ1) is 9.45. The minimum atomic E-state index is -0.0282. The summed E-state index contributed by atoms with van der Waals surface area (Å²) in [6.45, 7) is 6.78. The molecule has 6 heteroatoms. The zero-order chi connectivity index (χ0) is 14.7. The number of hydrogen-bond acceptors (Lipinski definition) is 4. The fourth-order valence-electron chi connectivity index (χ4n) is 1.79. The van der Waals surface area contributed by atoms with Crippen molar-refractivity contribution in [2.24, 2.45) is 5.92 Å². The van der Waals surface area contributed by atoms with E-state index in [0.29, 0.717) is 12.5 Å². The second-order valence-electron chi connectivity index (χ2n) is 5.03. The van der Waals surface area contributed by atoms with Crippen molar-refractivity contribution < 1.29 is 4.79 Å². The first-order valence-corrected chi connectivity index (χ1v) is 8.92. The summed E-state index contributed by atoms with van der Waals surface area (Å²) in [6.07, 6.45) is 0.927. The maximum Gasteiger partial charge on any atom is 0.263 e. The van der Waals surface area contributed by atoms with Gasteiger partial charge in [-0.1, -0.05) is 13.8 Å². The number of hydrogen-bond donors (Lipinski definition) is 1. The summed E-state index contributed by atoms with van der Waals surface area (Å²) < 4.78 is 1.06. The van der Waals surface area contributed by atoms with E-state index >= 15 is 0 Å². The predicted molar refractivity (Wildman–Crippen MR) is 88.6 cm³/mol. The van der Waals surface area contributed by atoms with Crippen molar-refractivity contribution in [1.29, 1.82) is 0 Å². The molecule has 2 aromatic heterocycles. The van der Waals surface area contributed by atoms with E-state index in [-0.39, 0.29) is 5.91 Å². The van der Waals surface area contributed by atoms with Crippen molar-refractivity contribution in [2.45, 2.75) is 33.7 Å². The minimum absolute atomic E-state index is 0.0282. The van der Waals surface area contributed by atoms with Gasteiger partial charge in [0.1, 0.15) is 4.88 Å². The van der Waals surface area contributed by atoms with E-state index in [1.54, 1.807) is 11.3 Å². The van der Waals surface area contributed by atoms with Crippen LogP contribution in [0.1, 0.15) is 39.1 Å². The van der Waals surface area contributed by atoms with Gasteiger partial charge in [0.15, 0.2) is 0 Å². The van der Waals surface area contributed by atoms with Gasteiger partial charge in [0, 0.05) is 21.2 Å². The van der Waals surface area contributed by atoms with Gasteiger partial charge < -0.3 is 5.32 Å². The second kappa shape index (κ2) is 6.83. The number of thiazole rings is 1. The molecule has 0 aliphatic heterocycles. The van der Waals surface area contributed by atoms with E-state index in [1.807, 2.05) is 18.4 Å². The van der Waals surface area contributed by atoms with Gasteiger partial charge in [-0.25, -0.2) is 4.98 Å². The average Bonchev–Trinajstić information content (AvgIpc) is 2.92. The van der Waals surface area contributed by atoms with Gasteiger partial charge in [0.2, 0.25) is 0 Å². The molecule has 1 amide bonds. The highest BCUT2D eigenvalue weighted by molar-refractivity contribution is 9.10. The Bertz CT molecular complexity index is 604. The van der Waals surface area contributed by atoms with Crippen molar-refractivity contribution in [1.82, 2.24) is 10.3 Å². The molecular weight excluding hydrogens is 356 g/mol. The number of thiophene rings is 1. The van der Waals surface area contributed by atoms with Gasteiger partial charge in [-0.15, -0.1) is 22.7 Å². The van der Waals surface area contributed by atoms with Gasteiger partial charge in [-0.2, -0.15) is 0 Å². The smallest absolute Gasteiger partial charge is 0.263 e. The van der Waals surface area contributed by atoms with Crippen LogP contribution in [0.3, 0.4) is 0 Å². The molecule has 3 nitrogen and oxygen atoms in total. The molecule has 0 aromatic carbocycles. The Balaban J connectivity index is 2.00. The number of aromatic nitrogens is 1. The van der Waals surface area contributed by atoms with E-state index in [1.165, 1.54) is 11.3 Å². The summed E-state index contributed by atoms with van der Waals surface area (Å²) in [5.41, 5.74) is 0.829. The van der Waals surface area contributed by atoms with Gasteiger partial charge in [0.25, 0.3) is 5.91 Å². The summed E-state index contributed by atoms with van der Waals surface area (Å²) in [4.78, 5) is 18.5. The summed E-state index contributed by atoms with van der Waals surface area (Å²) in [7, 11) is 0. The molecule has 108 valence electrons. The van der Waals surface area contributed by atoms with E-state index < -0.39 is 0 Å². The molecule has 2 heterocycles. The number of halogens is 1. The van der Waals surface area contributed by atoms with Crippen molar-refractivity contribution in [3.05, 3.63) is 36.4 Å². The lowest BCUT2D eigenvalue weighted by molar-refractivity contribution is 0.0954. The highest BCUT2D eigenvalue weighted by Gasteiger charge is 2.15. The number of nitrogens with zero attached hydrogens (tertiary/aromatic N) is 1. The van der Waals surface area contributed by atoms with E-state index in [0.717, 1.165) is 31.3 Å². The monoisotopic (exact) mass is 372 g/mol. The molecule has 1 N–H and O–H groups in total. The van der Waals surface area contributed by atoms with Gasteiger partial charge in [-0.05, 0) is 34.8 Å². The SMILES string of the molecule is Cc1nc(CC(C)C)sc1C(=O)NCc1cc(Br)cs1. The molecular formula is C14H17BrN2OS2. The van der Waals surface area contributed by atoms with Crippen LogP contribution in [-0.4, -0.2) is 10.9 Å². The summed E-state index contributed by atoms with van der Waals surface area (Å²) in [5.74, 6) is 0.527. The van der Waals surface area contributed by atoms with E-state index in [4.69, 9.17) is 0 Å². The number of carbonyl (C=O) groups is 1. The van der Waals surface area contributed by atoms with E-state index in [2.05, 4.69) is 40.1 Å². The molecule has 2 rings (SSSR count). The molecule has 0 atom stereocenters. The number of rotatable bonds is 5. The summed E-state index contributed by atoms with van der Waals surface area (Å²) in [5, 5.41) is 6.01. The Hall–Kier alpha value is -0.720. The number of amides is 1. The Labute approximate surface area is 135 Å². The van der Waals surface area contributed by atoms with Crippen LogP contribution in [0.25, 0.3) is 0 Å². The van der Waals surface area contributed by atoms with Crippen LogP contribution >= 0.6 is 38.6 Å². The molecule has 0 radical (unpaired) electrons. The highest BCUT2D eigenvalue weighted by Crippen LogP contribution is 2.22. The van der Waals surface area contributed by atoms with Crippen LogP contribution in [0.15, 0.2) is 15.9 Å². The Morgan fingerprint density at radius 3 is 2.85 bits per heavy atom. The molecule has 0 bridgehead atoms. The lowest BCUT2D eigenvalue weighted by Gasteiger charge is -2.01. The van der Waals surface area contributed by atoms with Gasteiger partial charge >= 0.3 is 0 Å². The lowest BCUT2D eigenvalue weighted by atomic mass is 10.1. The van der Waals surface area contributed by atoms with Crippen LogP contribution in [0.4, 0.5) is 0 Å². The molecule has 2 aromatic rings. The van der Waals surface area contributed by atoms with Crippen molar-refractivity contribution in [3.63, 3.8) is 0 Å². The fraction of sp³-hybridized carbons (Fsp3) is 0.429.